The summed E-state index contributed by atoms with van der Waals surface area (Å²) in [5.74, 6) is 0.498. The van der Waals surface area contributed by atoms with E-state index in [2.05, 4.69) is 22.2 Å². The van der Waals surface area contributed by atoms with Gasteiger partial charge in [0, 0.05) is 38.0 Å². The standard InChI is InChI=1S/C21H23N5O4/c1-5-12-6-7-14-13(10-12)11(2)17(30-14)19(27)22-9-8-15-23-16-18(24-15)25(3)21(29)26(4)20(16)28/h6-7,10H,5,8-9H2,1-4H3,(H,22,27)(H,23,24). The Hall–Kier alpha value is -3.62. The number of fused-ring (bicyclic) bond motifs is 2. The van der Waals surface area contributed by atoms with Gasteiger partial charge in [-0.2, -0.15) is 0 Å². The zero-order valence-corrected chi connectivity index (χ0v) is 17.3. The van der Waals surface area contributed by atoms with Crippen LogP contribution in [0.15, 0.2) is 32.2 Å². The highest BCUT2D eigenvalue weighted by atomic mass is 16.3. The van der Waals surface area contributed by atoms with Crippen LogP contribution in [-0.4, -0.2) is 31.6 Å². The molecule has 30 heavy (non-hydrogen) atoms. The van der Waals surface area contributed by atoms with Crippen LogP contribution in [0.1, 0.15) is 34.4 Å². The molecule has 0 bridgehead atoms. The molecule has 0 saturated carbocycles. The highest BCUT2D eigenvalue weighted by Gasteiger charge is 2.18. The van der Waals surface area contributed by atoms with E-state index in [1.54, 1.807) is 7.05 Å². The van der Waals surface area contributed by atoms with Gasteiger partial charge in [-0.1, -0.05) is 13.0 Å². The molecule has 1 aromatic carbocycles. The number of nitrogens with zero attached hydrogens (tertiary/aromatic N) is 3. The van der Waals surface area contributed by atoms with Gasteiger partial charge in [-0.05, 0) is 31.0 Å². The Balaban J connectivity index is 1.51. The Morgan fingerprint density at radius 3 is 2.73 bits per heavy atom. The number of aromatic amines is 1. The summed E-state index contributed by atoms with van der Waals surface area (Å²) in [5, 5.41) is 3.77. The average molecular weight is 409 g/mol. The van der Waals surface area contributed by atoms with Crippen molar-refractivity contribution < 1.29 is 9.21 Å². The molecule has 156 valence electrons. The van der Waals surface area contributed by atoms with Crippen molar-refractivity contribution in [1.82, 2.24) is 24.4 Å². The molecule has 0 radical (unpaired) electrons. The fraction of sp³-hybridized carbons (Fsp3) is 0.333. The molecular formula is C21H23N5O4. The molecule has 9 heteroatoms. The van der Waals surface area contributed by atoms with Crippen LogP contribution >= 0.6 is 0 Å². The minimum Gasteiger partial charge on any atom is -0.451 e. The van der Waals surface area contributed by atoms with Crippen molar-refractivity contribution in [1.29, 1.82) is 0 Å². The molecule has 1 amide bonds. The van der Waals surface area contributed by atoms with Crippen LogP contribution < -0.4 is 16.6 Å². The van der Waals surface area contributed by atoms with E-state index in [0.29, 0.717) is 35.8 Å². The van der Waals surface area contributed by atoms with Crippen LogP contribution in [0.3, 0.4) is 0 Å². The van der Waals surface area contributed by atoms with Crippen molar-refractivity contribution in [3.05, 3.63) is 61.7 Å². The summed E-state index contributed by atoms with van der Waals surface area (Å²) >= 11 is 0. The summed E-state index contributed by atoms with van der Waals surface area (Å²) in [6.45, 7) is 4.25. The number of furan rings is 1. The maximum Gasteiger partial charge on any atom is 0.332 e. The van der Waals surface area contributed by atoms with Crippen molar-refractivity contribution >= 4 is 28.0 Å². The fourth-order valence-corrected chi connectivity index (χ4v) is 3.57. The third-order valence-electron chi connectivity index (χ3n) is 5.41. The Morgan fingerprint density at radius 1 is 1.23 bits per heavy atom. The quantitative estimate of drug-likeness (QED) is 0.519. The first kappa shape index (κ1) is 19.7. The summed E-state index contributed by atoms with van der Waals surface area (Å²) in [6, 6.07) is 5.92. The largest absolute Gasteiger partial charge is 0.451 e. The molecule has 0 aliphatic carbocycles. The van der Waals surface area contributed by atoms with Gasteiger partial charge in [-0.3, -0.25) is 18.7 Å². The van der Waals surface area contributed by atoms with Gasteiger partial charge in [0.2, 0.25) is 0 Å². The van der Waals surface area contributed by atoms with Gasteiger partial charge in [0.05, 0.1) is 0 Å². The normalized spacial score (nSPS) is 11.5. The fourth-order valence-electron chi connectivity index (χ4n) is 3.57. The zero-order valence-electron chi connectivity index (χ0n) is 17.3. The van der Waals surface area contributed by atoms with E-state index in [0.717, 1.165) is 21.9 Å². The van der Waals surface area contributed by atoms with Gasteiger partial charge in [0.15, 0.2) is 11.4 Å². The average Bonchev–Trinajstić information content (AvgIpc) is 3.32. The molecule has 0 fully saturated rings. The minimum atomic E-state index is -0.439. The molecule has 9 nitrogen and oxygen atoms in total. The Kier molecular flexibility index (Phi) is 4.81. The van der Waals surface area contributed by atoms with Crippen LogP contribution in [0.2, 0.25) is 0 Å². The summed E-state index contributed by atoms with van der Waals surface area (Å²) < 4.78 is 8.10. The molecular weight excluding hydrogens is 386 g/mol. The van der Waals surface area contributed by atoms with E-state index < -0.39 is 11.2 Å². The van der Waals surface area contributed by atoms with Crippen molar-refractivity contribution in [3.8, 4) is 0 Å². The number of aryl methyl sites for hydroxylation is 3. The number of amides is 1. The van der Waals surface area contributed by atoms with Crippen LogP contribution in [0, 0.1) is 6.92 Å². The van der Waals surface area contributed by atoms with Crippen LogP contribution in [0.5, 0.6) is 0 Å². The maximum absolute atomic E-state index is 12.6. The first-order valence-corrected chi connectivity index (χ1v) is 9.76. The molecule has 0 spiro atoms. The van der Waals surface area contributed by atoms with E-state index in [1.807, 2.05) is 25.1 Å². The van der Waals surface area contributed by atoms with Crippen molar-refractivity contribution in [2.75, 3.05) is 6.54 Å². The number of H-pyrrole nitrogens is 1. The second-order valence-electron chi connectivity index (χ2n) is 7.33. The van der Waals surface area contributed by atoms with Crippen LogP contribution in [0.4, 0.5) is 0 Å². The Bertz CT molecular complexity index is 1400. The van der Waals surface area contributed by atoms with E-state index >= 15 is 0 Å². The van der Waals surface area contributed by atoms with Crippen molar-refractivity contribution in [3.63, 3.8) is 0 Å². The SMILES string of the molecule is CCc1ccc2oc(C(=O)NCCc3nc4c([nH]3)c(=O)n(C)c(=O)n4C)c(C)c2c1. The number of nitrogens with one attached hydrogen (secondary N) is 2. The third kappa shape index (κ3) is 3.12. The van der Waals surface area contributed by atoms with E-state index in [4.69, 9.17) is 4.42 Å². The van der Waals surface area contributed by atoms with Gasteiger partial charge in [-0.25, -0.2) is 9.78 Å². The number of aromatic nitrogens is 4. The second-order valence-corrected chi connectivity index (χ2v) is 7.33. The molecule has 3 heterocycles. The molecule has 0 saturated heterocycles. The lowest BCUT2D eigenvalue weighted by Crippen LogP contribution is -2.36. The summed E-state index contributed by atoms with van der Waals surface area (Å²) in [4.78, 5) is 44.2. The maximum atomic E-state index is 12.6. The van der Waals surface area contributed by atoms with Crippen LogP contribution in [-0.2, 0) is 26.9 Å². The highest BCUT2D eigenvalue weighted by molar-refractivity contribution is 5.99. The molecule has 0 unspecified atom stereocenters. The predicted octanol–water partition coefficient (Wildman–Crippen LogP) is 1.55. The lowest BCUT2D eigenvalue weighted by atomic mass is 10.1. The van der Waals surface area contributed by atoms with Crippen molar-refractivity contribution in [2.24, 2.45) is 14.1 Å². The lowest BCUT2D eigenvalue weighted by molar-refractivity contribution is 0.0927. The van der Waals surface area contributed by atoms with Gasteiger partial charge in [0.1, 0.15) is 16.9 Å². The molecule has 4 aromatic rings. The topological polar surface area (TPSA) is 115 Å². The van der Waals surface area contributed by atoms with E-state index in [1.165, 1.54) is 17.2 Å². The lowest BCUT2D eigenvalue weighted by Gasteiger charge is -2.02. The van der Waals surface area contributed by atoms with Gasteiger partial charge >= 0.3 is 5.69 Å². The van der Waals surface area contributed by atoms with Gasteiger partial charge in [-0.15, -0.1) is 0 Å². The minimum absolute atomic E-state index is 0.265. The monoisotopic (exact) mass is 409 g/mol. The number of carbonyl (C=O) groups is 1. The summed E-state index contributed by atoms with van der Waals surface area (Å²) in [6.07, 6.45) is 1.28. The molecule has 3 aromatic heterocycles. The van der Waals surface area contributed by atoms with Crippen LogP contribution in [0.25, 0.3) is 22.1 Å². The third-order valence-corrected chi connectivity index (χ3v) is 5.41. The number of rotatable bonds is 5. The Labute approximate surface area is 171 Å². The van der Waals surface area contributed by atoms with E-state index in [-0.39, 0.29) is 11.4 Å². The number of hydrogen-bond donors (Lipinski definition) is 2. The molecule has 0 aliphatic heterocycles. The second kappa shape index (κ2) is 7.33. The predicted molar refractivity (Wildman–Crippen MR) is 113 cm³/mol. The summed E-state index contributed by atoms with van der Waals surface area (Å²) in [7, 11) is 2.98. The number of imidazole rings is 1. The highest BCUT2D eigenvalue weighted by Crippen LogP contribution is 2.26. The molecule has 0 atom stereocenters. The molecule has 2 N–H and O–H groups in total. The smallest absolute Gasteiger partial charge is 0.332 e. The number of hydrogen-bond acceptors (Lipinski definition) is 5. The number of benzene rings is 1. The Morgan fingerprint density at radius 2 is 2.00 bits per heavy atom. The molecule has 4 rings (SSSR count). The summed E-state index contributed by atoms with van der Waals surface area (Å²) in [5.41, 5.74) is 2.36. The van der Waals surface area contributed by atoms with E-state index in [9.17, 15) is 14.4 Å². The van der Waals surface area contributed by atoms with Crippen molar-refractivity contribution in [2.45, 2.75) is 26.7 Å². The number of carbonyl (C=O) groups excluding carboxylic acids is 1. The first-order chi connectivity index (χ1) is 14.3. The molecule has 0 aliphatic rings. The first-order valence-electron chi connectivity index (χ1n) is 9.76. The van der Waals surface area contributed by atoms with Gasteiger partial charge in [0.25, 0.3) is 11.5 Å². The van der Waals surface area contributed by atoms with Gasteiger partial charge < -0.3 is 14.7 Å². The zero-order chi connectivity index (χ0) is 21.6.